The Balaban J connectivity index is 2.00. The van der Waals surface area contributed by atoms with Crippen molar-refractivity contribution < 1.29 is 14.6 Å². The van der Waals surface area contributed by atoms with Gasteiger partial charge in [-0.2, -0.15) is 0 Å². The van der Waals surface area contributed by atoms with E-state index in [1.54, 1.807) is 0 Å². The molecule has 0 bridgehead atoms. The molecule has 0 spiro atoms. The average molecular weight is 270 g/mol. The first kappa shape index (κ1) is 14.8. The summed E-state index contributed by atoms with van der Waals surface area (Å²) < 4.78 is 5.58. The van der Waals surface area contributed by atoms with Crippen LogP contribution in [-0.4, -0.2) is 53.9 Å². The van der Waals surface area contributed by atoms with Crippen molar-refractivity contribution in [2.75, 3.05) is 19.7 Å². The summed E-state index contributed by atoms with van der Waals surface area (Å²) in [6, 6.07) is -0.0132. The molecular formula is C14H26N2O3. The predicted octanol–water partition coefficient (Wildman–Crippen LogP) is 0.502. The van der Waals surface area contributed by atoms with Gasteiger partial charge < -0.3 is 20.5 Å². The Morgan fingerprint density at radius 3 is 2.79 bits per heavy atom. The molecule has 2 rings (SSSR count). The molecule has 1 saturated carbocycles. The Bertz CT molecular complexity index is 311. The van der Waals surface area contributed by atoms with E-state index in [1.807, 2.05) is 11.8 Å². The van der Waals surface area contributed by atoms with Crippen LogP contribution in [0.25, 0.3) is 0 Å². The van der Waals surface area contributed by atoms with Gasteiger partial charge in [0.2, 0.25) is 5.91 Å². The SMILES string of the molecule is CC1CN(C(=O)C2CCCCCC2N)CC(CO)O1. The van der Waals surface area contributed by atoms with Crippen LogP contribution in [0.15, 0.2) is 0 Å². The monoisotopic (exact) mass is 270 g/mol. The molecule has 3 N–H and O–H groups in total. The van der Waals surface area contributed by atoms with Crippen molar-refractivity contribution in [3.05, 3.63) is 0 Å². The van der Waals surface area contributed by atoms with Crippen molar-refractivity contribution in [1.82, 2.24) is 4.90 Å². The number of carbonyl (C=O) groups is 1. The quantitative estimate of drug-likeness (QED) is 0.717. The van der Waals surface area contributed by atoms with E-state index in [9.17, 15) is 9.90 Å². The van der Waals surface area contributed by atoms with Crippen molar-refractivity contribution in [3.8, 4) is 0 Å². The zero-order chi connectivity index (χ0) is 13.8. The Hall–Kier alpha value is -0.650. The standard InChI is InChI=1S/C14H26N2O3/c1-10-7-16(8-11(9-17)19-10)14(18)12-5-3-2-4-6-13(12)15/h10-13,17H,2-9,15H2,1H3. The molecule has 1 heterocycles. The highest BCUT2D eigenvalue weighted by Gasteiger charge is 2.34. The van der Waals surface area contributed by atoms with Gasteiger partial charge in [-0.05, 0) is 19.8 Å². The molecule has 1 aliphatic heterocycles. The predicted molar refractivity (Wildman–Crippen MR) is 72.6 cm³/mol. The molecule has 19 heavy (non-hydrogen) atoms. The van der Waals surface area contributed by atoms with Gasteiger partial charge in [-0.15, -0.1) is 0 Å². The number of aliphatic hydroxyl groups is 1. The van der Waals surface area contributed by atoms with E-state index in [1.165, 1.54) is 6.42 Å². The van der Waals surface area contributed by atoms with Gasteiger partial charge in [-0.3, -0.25) is 4.79 Å². The molecule has 5 heteroatoms. The van der Waals surface area contributed by atoms with Gasteiger partial charge in [0.15, 0.2) is 0 Å². The molecule has 1 saturated heterocycles. The minimum Gasteiger partial charge on any atom is -0.394 e. The molecule has 1 amide bonds. The fourth-order valence-corrected chi connectivity index (χ4v) is 3.20. The summed E-state index contributed by atoms with van der Waals surface area (Å²) in [4.78, 5) is 14.5. The average Bonchev–Trinajstić information content (AvgIpc) is 2.61. The van der Waals surface area contributed by atoms with Gasteiger partial charge >= 0.3 is 0 Å². The van der Waals surface area contributed by atoms with Gasteiger partial charge in [-0.25, -0.2) is 0 Å². The Kier molecular flexibility index (Phi) is 5.19. The Morgan fingerprint density at radius 2 is 2.05 bits per heavy atom. The fourth-order valence-electron chi connectivity index (χ4n) is 3.20. The lowest BCUT2D eigenvalue weighted by atomic mass is 9.93. The Labute approximate surface area is 115 Å². The van der Waals surface area contributed by atoms with Crippen LogP contribution in [-0.2, 0) is 9.53 Å². The lowest BCUT2D eigenvalue weighted by Gasteiger charge is -2.38. The molecule has 110 valence electrons. The highest BCUT2D eigenvalue weighted by atomic mass is 16.5. The highest BCUT2D eigenvalue weighted by Crippen LogP contribution is 2.25. The first-order valence-electron chi connectivity index (χ1n) is 7.42. The van der Waals surface area contributed by atoms with Crippen molar-refractivity contribution in [1.29, 1.82) is 0 Å². The van der Waals surface area contributed by atoms with Crippen molar-refractivity contribution in [2.24, 2.45) is 11.7 Å². The first-order valence-corrected chi connectivity index (χ1v) is 7.42. The summed E-state index contributed by atoms with van der Waals surface area (Å²) in [5, 5.41) is 9.23. The third-order valence-electron chi connectivity index (χ3n) is 4.23. The van der Waals surface area contributed by atoms with Crippen LogP contribution in [0, 0.1) is 5.92 Å². The molecule has 2 fully saturated rings. The zero-order valence-corrected chi connectivity index (χ0v) is 11.8. The summed E-state index contributed by atoms with van der Waals surface area (Å²) in [5.41, 5.74) is 6.16. The van der Waals surface area contributed by atoms with E-state index in [2.05, 4.69) is 0 Å². The maximum Gasteiger partial charge on any atom is 0.227 e. The summed E-state index contributed by atoms with van der Waals surface area (Å²) in [5.74, 6) is 0.107. The van der Waals surface area contributed by atoms with Gasteiger partial charge in [0.1, 0.15) is 0 Å². The van der Waals surface area contributed by atoms with Crippen LogP contribution in [0.2, 0.25) is 0 Å². The smallest absolute Gasteiger partial charge is 0.227 e. The van der Waals surface area contributed by atoms with Crippen molar-refractivity contribution in [2.45, 2.75) is 57.3 Å². The largest absolute Gasteiger partial charge is 0.394 e. The number of carbonyl (C=O) groups excluding carboxylic acids is 1. The van der Waals surface area contributed by atoms with E-state index in [0.717, 1.165) is 25.7 Å². The zero-order valence-electron chi connectivity index (χ0n) is 11.8. The fraction of sp³-hybridized carbons (Fsp3) is 0.929. The second-order valence-electron chi connectivity index (χ2n) is 5.90. The highest BCUT2D eigenvalue weighted by molar-refractivity contribution is 5.79. The maximum atomic E-state index is 12.6. The number of ether oxygens (including phenoxy) is 1. The minimum atomic E-state index is -0.255. The molecule has 0 aromatic heterocycles. The third-order valence-corrected chi connectivity index (χ3v) is 4.23. The lowest BCUT2D eigenvalue weighted by Crippen LogP contribution is -2.54. The van der Waals surface area contributed by atoms with Gasteiger partial charge in [0, 0.05) is 19.1 Å². The van der Waals surface area contributed by atoms with E-state index < -0.39 is 0 Å². The van der Waals surface area contributed by atoms with E-state index in [-0.39, 0.29) is 36.7 Å². The first-order chi connectivity index (χ1) is 9.11. The van der Waals surface area contributed by atoms with Crippen molar-refractivity contribution in [3.63, 3.8) is 0 Å². The van der Waals surface area contributed by atoms with E-state index >= 15 is 0 Å². The minimum absolute atomic E-state index is 0.0132. The topological polar surface area (TPSA) is 75.8 Å². The van der Waals surface area contributed by atoms with Crippen LogP contribution >= 0.6 is 0 Å². The van der Waals surface area contributed by atoms with Gasteiger partial charge in [0.25, 0.3) is 0 Å². The number of rotatable bonds is 2. The maximum absolute atomic E-state index is 12.6. The molecule has 0 radical (unpaired) electrons. The molecule has 0 aromatic carbocycles. The number of hydrogen-bond acceptors (Lipinski definition) is 4. The molecule has 4 unspecified atom stereocenters. The third kappa shape index (κ3) is 3.68. The molecular weight excluding hydrogens is 244 g/mol. The number of morpholine rings is 1. The molecule has 1 aliphatic carbocycles. The second kappa shape index (κ2) is 6.68. The number of aliphatic hydroxyl groups excluding tert-OH is 1. The molecule has 4 atom stereocenters. The van der Waals surface area contributed by atoms with Crippen LogP contribution in [0.4, 0.5) is 0 Å². The van der Waals surface area contributed by atoms with Gasteiger partial charge in [0.05, 0.1) is 24.7 Å². The van der Waals surface area contributed by atoms with Crippen LogP contribution in [0.5, 0.6) is 0 Å². The number of nitrogens with two attached hydrogens (primary N) is 1. The van der Waals surface area contributed by atoms with E-state index in [4.69, 9.17) is 10.5 Å². The summed E-state index contributed by atoms with van der Waals surface area (Å²) >= 11 is 0. The summed E-state index contributed by atoms with van der Waals surface area (Å²) in [6.07, 6.45) is 4.97. The van der Waals surface area contributed by atoms with Crippen LogP contribution < -0.4 is 5.73 Å². The number of amides is 1. The number of hydrogen-bond donors (Lipinski definition) is 2. The van der Waals surface area contributed by atoms with E-state index in [0.29, 0.717) is 13.1 Å². The molecule has 5 nitrogen and oxygen atoms in total. The second-order valence-corrected chi connectivity index (χ2v) is 5.90. The normalized spacial score (nSPS) is 36.9. The Morgan fingerprint density at radius 1 is 1.32 bits per heavy atom. The summed E-state index contributed by atoms with van der Waals surface area (Å²) in [6.45, 7) is 3.00. The molecule has 2 aliphatic rings. The lowest BCUT2D eigenvalue weighted by molar-refractivity contribution is -0.152. The van der Waals surface area contributed by atoms with Crippen molar-refractivity contribution >= 4 is 5.91 Å². The van der Waals surface area contributed by atoms with Gasteiger partial charge in [-0.1, -0.05) is 19.3 Å². The molecule has 0 aromatic rings. The number of nitrogens with zero attached hydrogens (tertiary/aromatic N) is 1. The summed E-state index contributed by atoms with van der Waals surface area (Å²) in [7, 11) is 0. The van der Waals surface area contributed by atoms with Crippen LogP contribution in [0.1, 0.15) is 39.0 Å². The van der Waals surface area contributed by atoms with Crippen LogP contribution in [0.3, 0.4) is 0 Å².